The Kier molecular flexibility index (Phi) is 4.32. The molecule has 108 valence electrons. The van der Waals surface area contributed by atoms with Gasteiger partial charge in [-0.1, -0.05) is 6.92 Å². The predicted molar refractivity (Wildman–Crippen MR) is 71.9 cm³/mol. The summed E-state index contributed by atoms with van der Waals surface area (Å²) in [6.45, 7) is 6.03. The second kappa shape index (κ2) is 5.80. The van der Waals surface area contributed by atoms with E-state index in [9.17, 15) is 14.7 Å². The number of rotatable bonds is 4. The first-order valence-corrected chi connectivity index (χ1v) is 7.31. The Hall–Kier alpha value is -1.26. The number of urea groups is 1. The minimum absolute atomic E-state index is 0.0892. The summed E-state index contributed by atoms with van der Waals surface area (Å²) < 4.78 is 0. The van der Waals surface area contributed by atoms with E-state index < -0.39 is 12.0 Å². The number of nitrogens with zero attached hydrogens (tertiary/aromatic N) is 2. The molecule has 1 saturated heterocycles. The number of hydrogen-bond donors (Lipinski definition) is 1. The molecule has 0 aromatic carbocycles. The van der Waals surface area contributed by atoms with E-state index in [0.29, 0.717) is 31.3 Å². The molecular formula is C14H24N2O3. The van der Waals surface area contributed by atoms with Gasteiger partial charge >= 0.3 is 12.0 Å². The van der Waals surface area contributed by atoms with Crippen molar-refractivity contribution in [3.63, 3.8) is 0 Å². The largest absolute Gasteiger partial charge is 0.480 e. The van der Waals surface area contributed by atoms with Crippen LogP contribution in [0.25, 0.3) is 0 Å². The molecule has 1 N–H and O–H groups in total. The molecule has 2 amide bonds. The van der Waals surface area contributed by atoms with Crippen molar-refractivity contribution in [2.24, 2.45) is 11.8 Å². The molecule has 1 aliphatic heterocycles. The highest BCUT2D eigenvalue weighted by molar-refractivity contribution is 5.83. The third-order valence-electron chi connectivity index (χ3n) is 4.22. The molecule has 19 heavy (non-hydrogen) atoms. The number of carbonyl (C=O) groups excluding carboxylic acids is 1. The Balaban J connectivity index is 2.03. The van der Waals surface area contributed by atoms with Gasteiger partial charge in [0.15, 0.2) is 0 Å². The van der Waals surface area contributed by atoms with E-state index in [1.54, 1.807) is 4.90 Å². The molecule has 5 heteroatoms. The van der Waals surface area contributed by atoms with Crippen molar-refractivity contribution in [3.8, 4) is 0 Å². The van der Waals surface area contributed by atoms with Crippen LogP contribution in [0.3, 0.4) is 0 Å². The first-order chi connectivity index (χ1) is 9.02. The quantitative estimate of drug-likeness (QED) is 0.848. The fourth-order valence-corrected chi connectivity index (χ4v) is 2.74. The fraction of sp³-hybridized carbons (Fsp3) is 0.857. The van der Waals surface area contributed by atoms with Gasteiger partial charge in [0.2, 0.25) is 0 Å². The van der Waals surface area contributed by atoms with Crippen molar-refractivity contribution in [3.05, 3.63) is 0 Å². The number of carboxylic acids is 1. The van der Waals surface area contributed by atoms with E-state index >= 15 is 0 Å². The summed E-state index contributed by atoms with van der Waals surface area (Å²) in [6, 6.07) is -0.738. The molecule has 1 aliphatic carbocycles. The zero-order valence-corrected chi connectivity index (χ0v) is 11.8. The second-order valence-electron chi connectivity index (χ2n) is 5.94. The standard InChI is InChI=1S/C14H24N2O3/c1-3-15(9-11-4-5-11)14(19)16-7-6-10(2)8-12(16)13(17)18/h10-12H,3-9H2,1-2H3,(H,17,18). The van der Waals surface area contributed by atoms with Gasteiger partial charge in [0.05, 0.1) is 0 Å². The number of carboxylic acid groups (broad SMARTS) is 1. The van der Waals surface area contributed by atoms with Gasteiger partial charge in [0.1, 0.15) is 6.04 Å². The Bertz CT molecular complexity index is 355. The monoisotopic (exact) mass is 268 g/mol. The Morgan fingerprint density at radius 3 is 2.53 bits per heavy atom. The first kappa shape index (κ1) is 14.2. The van der Waals surface area contributed by atoms with Crippen molar-refractivity contribution in [1.82, 2.24) is 9.80 Å². The highest BCUT2D eigenvalue weighted by Gasteiger charge is 2.37. The van der Waals surface area contributed by atoms with E-state index in [0.717, 1.165) is 13.0 Å². The van der Waals surface area contributed by atoms with Crippen LogP contribution in [0.1, 0.15) is 39.5 Å². The van der Waals surface area contributed by atoms with E-state index in [1.165, 1.54) is 12.8 Å². The lowest BCUT2D eigenvalue weighted by Crippen LogP contribution is -2.54. The molecule has 0 radical (unpaired) electrons. The summed E-state index contributed by atoms with van der Waals surface area (Å²) in [5, 5.41) is 9.31. The van der Waals surface area contributed by atoms with Crippen LogP contribution in [-0.4, -0.2) is 52.6 Å². The smallest absolute Gasteiger partial charge is 0.326 e. The molecule has 5 nitrogen and oxygen atoms in total. The highest BCUT2D eigenvalue weighted by Crippen LogP contribution is 2.31. The van der Waals surface area contributed by atoms with Crippen LogP contribution < -0.4 is 0 Å². The molecule has 1 saturated carbocycles. The number of piperidine rings is 1. The van der Waals surface area contributed by atoms with Gasteiger partial charge in [0, 0.05) is 19.6 Å². The van der Waals surface area contributed by atoms with Crippen molar-refractivity contribution in [2.75, 3.05) is 19.6 Å². The van der Waals surface area contributed by atoms with Gasteiger partial charge in [0.25, 0.3) is 0 Å². The molecule has 2 unspecified atom stereocenters. The molecular weight excluding hydrogens is 244 g/mol. The lowest BCUT2D eigenvalue weighted by molar-refractivity contribution is -0.144. The number of hydrogen-bond acceptors (Lipinski definition) is 2. The van der Waals surface area contributed by atoms with Crippen molar-refractivity contribution < 1.29 is 14.7 Å². The number of amides is 2. The van der Waals surface area contributed by atoms with Crippen LogP contribution in [0.15, 0.2) is 0 Å². The predicted octanol–water partition coefficient (Wildman–Crippen LogP) is 2.02. The fourth-order valence-electron chi connectivity index (χ4n) is 2.74. The number of likely N-dealkylation sites (tertiary alicyclic amines) is 1. The number of carbonyl (C=O) groups is 2. The summed E-state index contributed by atoms with van der Waals surface area (Å²) in [7, 11) is 0. The molecule has 2 atom stereocenters. The molecule has 1 heterocycles. The van der Waals surface area contributed by atoms with Gasteiger partial charge in [-0.2, -0.15) is 0 Å². The Morgan fingerprint density at radius 2 is 2.00 bits per heavy atom. The summed E-state index contributed by atoms with van der Waals surface area (Å²) in [4.78, 5) is 27.2. The van der Waals surface area contributed by atoms with Gasteiger partial charge in [-0.15, -0.1) is 0 Å². The lowest BCUT2D eigenvalue weighted by Gasteiger charge is -2.38. The number of aliphatic carboxylic acids is 1. The maximum Gasteiger partial charge on any atom is 0.326 e. The molecule has 0 spiro atoms. The molecule has 2 fully saturated rings. The van der Waals surface area contributed by atoms with Gasteiger partial charge in [-0.05, 0) is 44.4 Å². The minimum Gasteiger partial charge on any atom is -0.480 e. The lowest BCUT2D eigenvalue weighted by atomic mass is 9.92. The van der Waals surface area contributed by atoms with E-state index in [1.807, 2.05) is 11.8 Å². The average molecular weight is 268 g/mol. The third kappa shape index (κ3) is 3.39. The zero-order chi connectivity index (χ0) is 14.0. The summed E-state index contributed by atoms with van der Waals surface area (Å²) in [5.74, 6) is 0.141. The maximum atomic E-state index is 12.5. The van der Waals surface area contributed by atoms with E-state index in [4.69, 9.17) is 0 Å². The summed E-state index contributed by atoms with van der Waals surface area (Å²) >= 11 is 0. The van der Waals surface area contributed by atoms with Gasteiger partial charge in [-0.3, -0.25) is 0 Å². The highest BCUT2D eigenvalue weighted by atomic mass is 16.4. The minimum atomic E-state index is -0.873. The third-order valence-corrected chi connectivity index (χ3v) is 4.22. The summed E-state index contributed by atoms with van der Waals surface area (Å²) in [5.41, 5.74) is 0. The topological polar surface area (TPSA) is 60.9 Å². The maximum absolute atomic E-state index is 12.5. The van der Waals surface area contributed by atoms with Crippen molar-refractivity contribution in [1.29, 1.82) is 0 Å². The zero-order valence-electron chi connectivity index (χ0n) is 11.8. The van der Waals surface area contributed by atoms with Crippen LogP contribution in [0.5, 0.6) is 0 Å². The van der Waals surface area contributed by atoms with Crippen LogP contribution in [0, 0.1) is 11.8 Å². The average Bonchev–Trinajstić information content (AvgIpc) is 3.19. The van der Waals surface area contributed by atoms with Gasteiger partial charge < -0.3 is 14.9 Å². The van der Waals surface area contributed by atoms with Crippen LogP contribution in [0.4, 0.5) is 4.79 Å². The van der Waals surface area contributed by atoms with Crippen LogP contribution in [-0.2, 0) is 4.79 Å². The molecule has 2 rings (SSSR count). The molecule has 0 aromatic heterocycles. The van der Waals surface area contributed by atoms with Crippen molar-refractivity contribution >= 4 is 12.0 Å². The van der Waals surface area contributed by atoms with E-state index in [-0.39, 0.29) is 6.03 Å². The van der Waals surface area contributed by atoms with Crippen LogP contribution in [0.2, 0.25) is 0 Å². The molecule has 0 bridgehead atoms. The van der Waals surface area contributed by atoms with Crippen LogP contribution >= 0.6 is 0 Å². The molecule has 0 aromatic rings. The Labute approximate surface area is 114 Å². The normalized spacial score (nSPS) is 27.2. The molecule has 2 aliphatic rings. The van der Waals surface area contributed by atoms with E-state index in [2.05, 4.69) is 6.92 Å². The van der Waals surface area contributed by atoms with Crippen molar-refractivity contribution in [2.45, 2.75) is 45.6 Å². The Morgan fingerprint density at radius 1 is 1.32 bits per heavy atom. The van der Waals surface area contributed by atoms with Gasteiger partial charge in [-0.25, -0.2) is 9.59 Å². The SMILES string of the molecule is CCN(CC1CC1)C(=O)N1CCC(C)CC1C(=O)O. The summed E-state index contributed by atoms with van der Waals surface area (Å²) in [6.07, 6.45) is 3.87. The second-order valence-corrected chi connectivity index (χ2v) is 5.94. The first-order valence-electron chi connectivity index (χ1n) is 7.31.